The van der Waals surface area contributed by atoms with Gasteiger partial charge in [-0.2, -0.15) is 13.2 Å². The second-order valence-electron chi connectivity index (χ2n) is 3.90. The Morgan fingerprint density at radius 1 is 1.41 bits per heavy atom. The first-order valence-electron chi connectivity index (χ1n) is 5.69. The van der Waals surface area contributed by atoms with E-state index >= 15 is 0 Å². The number of halogens is 3. The fourth-order valence-electron chi connectivity index (χ4n) is 1.61. The number of rotatable bonds is 6. The topological polar surface area (TPSA) is 24.9 Å². The Bertz CT molecular complexity index is 336. The van der Waals surface area contributed by atoms with Gasteiger partial charge < -0.3 is 5.32 Å². The first-order valence-corrected chi connectivity index (χ1v) is 6.50. The van der Waals surface area contributed by atoms with Gasteiger partial charge >= 0.3 is 6.18 Å². The van der Waals surface area contributed by atoms with Gasteiger partial charge in [-0.1, -0.05) is 26.2 Å². The summed E-state index contributed by atoms with van der Waals surface area (Å²) in [6.45, 7) is 2.10. The van der Waals surface area contributed by atoms with Gasteiger partial charge in [-0.05, 0) is 13.5 Å². The summed E-state index contributed by atoms with van der Waals surface area (Å²) in [4.78, 5) is 4.10. The molecule has 0 amide bonds. The fraction of sp³-hybridized carbons (Fsp3) is 0.727. The van der Waals surface area contributed by atoms with E-state index in [1.54, 1.807) is 7.05 Å². The van der Waals surface area contributed by atoms with Gasteiger partial charge in [-0.25, -0.2) is 4.98 Å². The molecule has 98 valence electrons. The summed E-state index contributed by atoms with van der Waals surface area (Å²) in [5, 5.41) is 2.28. The van der Waals surface area contributed by atoms with Crippen molar-refractivity contribution in [3.8, 4) is 0 Å². The monoisotopic (exact) mass is 266 g/mol. The van der Waals surface area contributed by atoms with E-state index in [1.165, 1.54) is 6.20 Å². The molecule has 0 aliphatic rings. The number of alkyl halides is 3. The molecule has 1 rings (SSSR count). The maximum absolute atomic E-state index is 12.4. The number of nitrogens with zero attached hydrogens (tertiary/aromatic N) is 1. The van der Waals surface area contributed by atoms with E-state index in [0.717, 1.165) is 37.0 Å². The van der Waals surface area contributed by atoms with E-state index < -0.39 is 11.2 Å². The Kier molecular flexibility index (Phi) is 5.39. The Morgan fingerprint density at radius 2 is 2.12 bits per heavy atom. The summed E-state index contributed by atoms with van der Waals surface area (Å²) in [7, 11) is 1.77. The molecular formula is C11H17F3N2S. The van der Waals surface area contributed by atoms with Crippen LogP contribution in [0, 0.1) is 0 Å². The Morgan fingerprint density at radius 3 is 2.59 bits per heavy atom. The summed E-state index contributed by atoms with van der Waals surface area (Å²) in [6, 6.07) is -0.0184. The van der Waals surface area contributed by atoms with E-state index in [-0.39, 0.29) is 6.04 Å². The summed E-state index contributed by atoms with van der Waals surface area (Å²) in [6.07, 6.45) is 1.08. The van der Waals surface area contributed by atoms with E-state index in [0.29, 0.717) is 4.88 Å². The molecule has 0 aromatic carbocycles. The molecule has 1 atom stereocenters. The van der Waals surface area contributed by atoms with Gasteiger partial charge in [-0.15, -0.1) is 11.3 Å². The second kappa shape index (κ2) is 6.35. The fourth-order valence-corrected chi connectivity index (χ4v) is 2.53. The summed E-state index contributed by atoms with van der Waals surface area (Å²) in [5.41, 5.74) is 0. The van der Waals surface area contributed by atoms with Gasteiger partial charge in [0.1, 0.15) is 0 Å². The molecule has 6 heteroatoms. The molecule has 17 heavy (non-hydrogen) atoms. The zero-order chi connectivity index (χ0) is 12.9. The van der Waals surface area contributed by atoms with Crippen molar-refractivity contribution in [2.45, 2.75) is 44.8 Å². The smallest absolute Gasteiger partial charge is 0.312 e. The molecule has 0 aliphatic carbocycles. The van der Waals surface area contributed by atoms with Crippen LogP contribution >= 0.6 is 11.3 Å². The lowest BCUT2D eigenvalue weighted by molar-refractivity contribution is -0.137. The number of nitrogens with one attached hydrogen (secondary N) is 1. The van der Waals surface area contributed by atoms with Crippen molar-refractivity contribution in [3.05, 3.63) is 16.1 Å². The highest BCUT2D eigenvalue weighted by Gasteiger charge is 2.35. The molecule has 0 spiro atoms. The molecule has 1 heterocycles. The summed E-state index contributed by atoms with van der Waals surface area (Å²) >= 11 is 0.732. The van der Waals surface area contributed by atoms with Gasteiger partial charge in [0.15, 0.2) is 5.01 Å². The van der Waals surface area contributed by atoms with Crippen LogP contribution in [0.4, 0.5) is 13.2 Å². The van der Waals surface area contributed by atoms with Crippen LogP contribution in [0.15, 0.2) is 6.20 Å². The highest BCUT2D eigenvalue weighted by atomic mass is 32.1. The minimum Gasteiger partial charge on any atom is -0.312 e. The van der Waals surface area contributed by atoms with Crippen LogP contribution in [0.5, 0.6) is 0 Å². The van der Waals surface area contributed by atoms with Gasteiger partial charge in [0.25, 0.3) is 0 Å². The van der Waals surface area contributed by atoms with Crippen molar-refractivity contribution in [3.63, 3.8) is 0 Å². The lowest BCUT2D eigenvalue weighted by atomic mass is 10.1. The largest absolute Gasteiger partial charge is 0.443 e. The first-order chi connectivity index (χ1) is 7.99. The van der Waals surface area contributed by atoms with Crippen molar-refractivity contribution in [2.24, 2.45) is 0 Å². The third-order valence-electron chi connectivity index (χ3n) is 2.55. The second-order valence-corrected chi connectivity index (χ2v) is 4.96. The predicted octanol–water partition coefficient (Wildman–Crippen LogP) is 4.00. The number of thiazole rings is 1. The summed E-state index contributed by atoms with van der Waals surface area (Å²) < 4.78 is 37.2. The first kappa shape index (κ1) is 14.4. The zero-order valence-corrected chi connectivity index (χ0v) is 10.8. The molecule has 0 radical (unpaired) electrons. The minimum atomic E-state index is -4.33. The standard InChI is InChI=1S/C11H17F3N2S/c1-3-4-5-6-8(15-2)9-7-16-10(17-9)11(12,13)14/h7-8,15H,3-6H2,1-2H3. The third kappa shape index (κ3) is 4.27. The normalized spacial score (nSPS) is 13.9. The van der Waals surface area contributed by atoms with Crippen LogP contribution in [0.3, 0.4) is 0 Å². The number of aromatic nitrogens is 1. The van der Waals surface area contributed by atoms with Crippen molar-refractivity contribution >= 4 is 11.3 Å². The van der Waals surface area contributed by atoms with Crippen molar-refractivity contribution in [2.75, 3.05) is 7.05 Å². The number of hydrogen-bond acceptors (Lipinski definition) is 3. The minimum absolute atomic E-state index is 0.0184. The van der Waals surface area contributed by atoms with Crippen LogP contribution in [0.1, 0.15) is 48.5 Å². The molecular weight excluding hydrogens is 249 g/mol. The van der Waals surface area contributed by atoms with Gasteiger partial charge in [0, 0.05) is 17.1 Å². The molecule has 0 fully saturated rings. The van der Waals surface area contributed by atoms with Crippen LogP contribution in [0.2, 0.25) is 0 Å². The molecule has 2 nitrogen and oxygen atoms in total. The van der Waals surface area contributed by atoms with Crippen LogP contribution in [-0.4, -0.2) is 12.0 Å². The molecule has 0 saturated heterocycles. The zero-order valence-electron chi connectivity index (χ0n) is 9.97. The molecule has 0 saturated carbocycles. The van der Waals surface area contributed by atoms with E-state index in [2.05, 4.69) is 17.2 Å². The lowest BCUT2D eigenvalue weighted by Crippen LogP contribution is -2.14. The average Bonchev–Trinajstić information content (AvgIpc) is 2.73. The van der Waals surface area contributed by atoms with E-state index in [1.807, 2.05) is 0 Å². The van der Waals surface area contributed by atoms with Gasteiger partial charge in [0.05, 0.1) is 0 Å². The van der Waals surface area contributed by atoms with Gasteiger partial charge in [0.2, 0.25) is 0 Å². The molecule has 1 aromatic heterocycles. The van der Waals surface area contributed by atoms with Gasteiger partial charge in [-0.3, -0.25) is 0 Å². The summed E-state index contributed by atoms with van der Waals surface area (Å²) in [5.74, 6) is 0. The quantitative estimate of drug-likeness (QED) is 0.787. The van der Waals surface area contributed by atoms with Crippen LogP contribution in [-0.2, 0) is 6.18 Å². The molecule has 1 N–H and O–H groups in total. The molecule has 1 aromatic rings. The predicted molar refractivity (Wildman–Crippen MR) is 63.1 cm³/mol. The Hall–Kier alpha value is -0.620. The van der Waals surface area contributed by atoms with Crippen LogP contribution < -0.4 is 5.32 Å². The Balaban J connectivity index is 2.66. The SMILES string of the molecule is CCCCCC(NC)c1cnc(C(F)(F)F)s1. The average molecular weight is 266 g/mol. The maximum atomic E-state index is 12.4. The molecule has 0 bridgehead atoms. The van der Waals surface area contributed by atoms with Crippen molar-refractivity contribution in [1.29, 1.82) is 0 Å². The third-order valence-corrected chi connectivity index (χ3v) is 3.71. The highest BCUT2D eigenvalue weighted by Crippen LogP contribution is 2.35. The van der Waals surface area contributed by atoms with E-state index in [4.69, 9.17) is 0 Å². The highest BCUT2D eigenvalue weighted by molar-refractivity contribution is 7.11. The Labute approximate surface area is 103 Å². The molecule has 1 unspecified atom stereocenters. The van der Waals surface area contributed by atoms with Crippen molar-refractivity contribution < 1.29 is 13.2 Å². The number of unbranched alkanes of at least 4 members (excludes halogenated alkanes) is 2. The lowest BCUT2D eigenvalue weighted by Gasteiger charge is -2.13. The van der Waals surface area contributed by atoms with Crippen LogP contribution in [0.25, 0.3) is 0 Å². The maximum Gasteiger partial charge on any atom is 0.443 e. The molecule has 0 aliphatic heterocycles. The van der Waals surface area contributed by atoms with E-state index in [9.17, 15) is 13.2 Å². The van der Waals surface area contributed by atoms with Crippen molar-refractivity contribution in [1.82, 2.24) is 10.3 Å². The number of hydrogen-bond donors (Lipinski definition) is 1.